The van der Waals surface area contributed by atoms with Gasteiger partial charge in [-0.1, -0.05) is 39.8 Å². The van der Waals surface area contributed by atoms with Crippen LogP contribution < -0.4 is 19.1 Å². The zero-order chi connectivity index (χ0) is 23.9. The number of hydrogen-bond acceptors (Lipinski definition) is 5. The van der Waals surface area contributed by atoms with Crippen LogP contribution in [0.3, 0.4) is 0 Å². The Labute approximate surface area is 191 Å². The summed E-state index contributed by atoms with van der Waals surface area (Å²) in [6, 6.07) is 13.6. The molecule has 0 aliphatic rings. The van der Waals surface area contributed by atoms with E-state index in [1.165, 1.54) is 12.7 Å². The first-order valence-corrected chi connectivity index (χ1v) is 12.5. The monoisotopic (exact) mass is 462 g/mol. The van der Waals surface area contributed by atoms with Crippen molar-refractivity contribution < 1.29 is 22.7 Å². The number of nitrogens with one attached hydrogen (secondary N) is 1. The van der Waals surface area contributed by atoms with Crippen LogP contribution in [0.5, 0.6) is 11.5 Å². The van der Waals surface area contributed by atoms with Gasteiger partial charge in [-0.15, -0.1) is 0 Å². The van der Waals surface area contributed by atoms with Gasteiger partial charge in [-0.25, -0.2) is 8.42 Å². The molecule has 1 N–H and O–H groups in total. The van der Waals surface area contributed by atoms with Crippen molar-refractivity contribution in [1.82, 2.24) is 5.32 Å². The number of anilines is 1. The van der Waals surface area contributed by atoms with Gasteiger partial charge in [0.15, 0.2) is 0 Å². The molecule has 2 aromatic rings. The van der Waals surface area contributed by atoms with Crippen LogP contribution in [-0.2, 0) is 20.2 Å². The molecule has 0 aliphatic carbocycles. The van der Waals surface area contributed by atoms with Gasteiger partial charge in [-0.05, 0) is 53.8 Å². The molecular formula is C24H34N2O5S. The average Bonchev–Trinajstić information content (AvgIpc) is 2.73. The molecule has 32 heavy (non-hydrogen) atoms. The van der Waals surface area contributed by atoms with E-state index in [0.29, 0.717) is 17.9 Å². The van der Waals surface area contributed by atoms with Crippen molar-refractivity contribution >= 4 is 21.6 Å². The molecule has 8 heteroatoms. The van der Waals surface area contributed by atoms with E-state index in [-0.39, 0.29) is 24.5 Å². The lowest BCUT2D eigenvalue weighted by Gasteiger charge is -2.30. The van der Waals surface area contributed by atoms with E-state index in [1.54, 1.807) is 31.2 Å². The fourth-order valence-electron chi connectivity index (χ4n) is 3.30. The van der Waals surface area contributed by atoms with Gasteiger partial charge >= 0.3 is 0 Å². The topological polar surface area (TPSA) is 84.9 Å². The normalized spacial score (nSPS) is 12.7. The van der Waals surface area contributed by atoms with E-state index in [0.717, 1.165) is 16.3 Å². The molecule has 2 aromatic carbocycles. The third-order valence-corrected chi connectivity index (χ3v) is 6.23. The summed E-state index contributed by atoms with van der Waals surface area (Å²) in [5.41, 5.74) is 1.69. The van der Waals surface area contributed by atoms with Crippen molar-refractivity contribution in [3.63, 3.8) is 0 Å². The van der Waals surface area contributed by atoms with Gasteiger partial charge in [0, 0.05) is 0 Å². The molecule has 176 valence electrons. The van der Waals surface area contributed by atoms with Gasteiger partial charge in [0.25, 0.3) is 0 Å². The van der Waals surface area contributed by atoms with Gasteiger partial charge in [-0.3, -0.25) is 9.10 Å². The number of methoxy groups -OCH3 is 1. The number of nitrogens with zero attached hydrogens (tertiary/aromatic N) is 1. The number of amides is 1. The molecule has 0 spiro atoms. The van der Waals surface area contributed by atoms with E-state index >= 15 is 0 Å². The second-order valence-electron chi connectivity index (χ2n) is 8.59. The Balaban J connectivity index is 2.00. The first kappa shape index (κ1) is 25.5. The van der Waals surface area contributed by atoms with Crippen LogP contribution in [-0.4, -0.2) is 46.9 Å². The molecule has 0 unspecified atom stereocenters. The molecule has 1 amide bonds. The quantitative estimate of drug-likeness (QED) is 0.544. The number of sulfonamides is 1. The van der Waals surface area contributed by atoms with Crippen molar-refractivity contribution in [3.8, 4) is 11.5 Å². The Morgan fingerprint density at radius 3 is 2.06 bits per heavy atom. The van der Waals surface area contributed by atoms with Crippen molar-refractivity contribution in [2.45, 2.75) is 45.6 Å². The average molecular weight is 463 g/mol. The highest BCUT2D eigenvalue weighted by Crippen LogP contribution is 2.26. The second-order valence-corrected chi connectivity index (χ2v) is 10.5. The Bertz CT molecular complexity index is 981. The molecular weight excluding hydrogens is 428 g/mol. The predicted octanol–water partition coefficient (Wildman–Crippen LogP) is 3.73. The van der Waals surface area contributed by atoms with Crippen molar-refractivity contribution in [3.05, 3.63) is 54.1 Å². The third-order valence-electron chi connectivity index (χ3n) is 5.05. The summed E-state index contributed by atoms with van der Waals surface area (Å²) in [6.45, 7) is 8.76. The highest BCUT2D eigenvalue weighted by atomic mass is 32.2. The number of carbonyl (C=O) groups excluding carboxylic acids is 1. The number of rotatable bonds is 10. The van der Waals surface area contributed by atoms with Crippen LogP contribution in [0.4, 0.5) is 5.69 Å². The molecule has 0 heterocycles. The fourth-order valence-corrected chi connectivity index (χ4v) is 4.51. The summed E-state index contributed by atoms with van der Waals surface area (Å²) in [4.78, 5) is 12.8. The van der Waals surface area contributed by atoms with Gasteiger partial charge in [-0.2, -0.15) is 0 Å². The van der Waals surface area contributed by atoms with Gasteiger partial charge in [0.2, 0.25) is 15.9 Å². The maximum Gasteiger partial charge on any atom is 0.244 e. The molecule has 0 saturated carbocycles. The lowest BCUT2D eigenvalue weighted by molar-refractivity contribution is -0.122. The molecule has 0 saturated heterocycles. The summed E-state index contributed by atoms with van der Waals surface area (Å²) in [6.07, 6.45) is 1.41. The van der Waals surface area contributed by atoms with Crippen molar-refractivity contribution in [2.75, 3.05) is 30.8 Å². The highest BCUT2D eigenvalue weighted by Gasteiger charge is 2.31. The van der Waals surface area contributed by atoms with E-state index < -0.39 is 16.1 Å². The summed E-state index contributed by atoms with van der Waals surface area (Å²) in [5.74, 6) is 0.947. The molecule has 0 bridgehead atoms. The summed E-state index contributed by atoms with van der Waals surface area (Å²) in [5, 5.41) is 2.79. The summed E-state index contributed by atoms with van der Waals surface area (Å²) < 4.78 is 37.0. The number of benzene rings is 2. The smallest absolute Gasteiger partial charge is 0.244 e. The van der Waals surface area contributed by atoms with E-state index in [2.05, 4.69) is 26.1 Å². The SMILES string of the molecule is CC[C@H](C(=O)NCCOc1ccc(C(C)(C)C)cc1)N(c1ccc(OC)cc1)S(C)(=O)=O. The Morgan fingerprint density at radius 1 is 1.03 bits per heavy atom. The number of ether oxygens (including phenoxy) is 2. The van der Waals surface area contributed by atoms with Crippen LogP contribution in [0, 0.1) is 0 Å². The minimum atomic E-state index is -3.68. The maximum absolute atomic E-state index is 12.8. The van der Waals surface area contributed by atoms with Crippen LogP contribution in [0.1, 0.15) is 39.7 Å². The lowest BCUT2D eigenvalue weighted by atomic mass is 9.87. The Kier molecular flexibility index (Phi) is 8.55. The zero-order valence-electron chi connectivity index (χ0n) is 19.7. The minimum Gasteiger partial charge on any atom is -0.497 e. The molecule has 0 aromatic heterocycles. The van der Waals surface area contributed by atoms with Crippen molar-refractivity contribution in [2.24, 2.45) is 0 Å². The van der Waals surface area contributed by atoms with Gasteiger partial charge in [0.1, 0.15) is 24.1 Å². The van der Waals surface area contributed by atoms with Gasteiger partial charge < -0.3 is 14.8 Å². The van der Waals surface area contributed by atoms with E-state index in [4.69, 9.17) is 9.47 Å². The Hall–Kier alpha value is -2.74. The first-order valence-electron chi connectivity index (χ1n) is 10.6. The van der Waals surface area contributed by atoms with Crippen LogP contribution in [0.25, 0.3) is 0 Å². The minimum absolute atomic E-state index is 0.0665. The first-order chi connectivity index (χ1) is 15.0. The molecule has 7 nitrogen and oxygen atoms in total. The second kappa shape index (κ2) is 10.7. The zero-order valence-corrected chi connectivity index (χ0v) is 20.5. The summed E-state index contributed by atoms with van der Waals surface area (Å²) in [7, 11) is -2.15. The van der Waals surface area contributed by atoms with E-state index in [9.17, 15) is 13.2 Å². The largest absolute Gasteiger partial charge is 0.497 e. The molecule has 1 atom stereocenters. The van der Waals surface area contributed by atoms with E-state index in [1.807, 2.05) is 24.3 Å². The maximum atomic E-state index is 12.8. The molecule has 0 fully saturated rings. The molecule has 2 rings (SSSR count). The van der Waals surface area contributed by atoms with Crippen molar-refractivity contribution in [1.29, 1.82) is 0 Å². The van der Waals surface area contributed by atoms with Crippen LogP contribution in [0.2, 0.25) is 0 Å². The Morgan fingerprint density at radius 2 is 1.59 bits per heavy atom. The molecule has 0 aliphatic heterocycles. The number of hydrogen-bond donors (Lipinski definition) is 1. The molecule has 0 radical (unpaired) electrons. The highest BCUT2D eigenvalue weighted by molar-refractivity contribution is 7.92. The van der Waals surface area contributed by atoms with Gasteiger partial charge in [0.05, 0.1) is 25.6 Å². The van der Waals surface area contributed by atoms with Crippen LogP contribution in [0.15, 0.2) is 48.5 Å². The lowest BCUT2D eigenvalue weighted by Crippen LogP contribution is -2.50. The fraction of sp³-hybridized carbons (Fsp3) is 0.458. The third kappa shape index (κ3) is 6.88. The van der Waals surface area contributed by atoms with Crippen LogP contribution >= 0.6 is 0 Å². The number of carbonyl (C=O) groups is 1. The predicted molar refractivity (Wildman–Crippen MR) is 128 cm³/mol. The standard InChI is InChI=1S/C24H34N2O5S/c1-7-22(26(32(6,28)29)19-10-14-20(30-5)15-11-19)23(27)25-16-17-31-21-12-8-18(9-13-21)24(2,3)4/h8-15,22H,7,16-17H2,1-6H3,(H,25,27)/t22-/m1/s1. The summed E-state index contributed by atoms with van der Waals surface area (Å²) >= 11 is 0.